The van der Waals surface area contributed by atoms with Crippen molar-refractivity contribution >= 4 is 0 Å². The summed E-state index contributed by atoms with van der Waals surface area (Å²) in [6.07, 6.45) is 6.11. The number of hydrogen-bond acceptors (Lipinski definition) is 1. The van der Waals surface area contributed by atoms with Gasteiger partial charge < -0.3 is 5.73 Å². The van der Waals surface area contributed by atoms with Gasteiger partial charge in [-0.25, -0.2) is 0 Å². The summed E-state index contributed by atoms with van der Waals surface area (Å²) in [6, 6.07) is 0. The fourth-order valence-corrected chi connectivity index (χ4v) is 0.672. The van der Waals surface area contributed by atoms with E-state index < -0.39 is 0 Å². The van der Waals surface area contributed by atoms with E-state index in [1.807, 2.05) is 0 Å². The average Bonchev–Trinajstić information content (AvgIpc) is 1.87. The largest absolute Gasteiger partial charge is 0.405 e. The molecule has 0 aliphatic rings. The number of hydrogen-bond donors (Lipinski definition) is 1. The van der Waals surface area contributed by atoms with Crippen LogP contribution >= 0.6 is 0 Å². The van der Waals surface area contributed by atoms with E-state index in [9.17, 15) is 0 Å². The molecule has 0 heterocycles. The van der Waals surface area contributed by atoms with Gasteiger partial charge in [-0.15, -0.1) is 0 Å². The van der Waals surface area contributed by atoms with Crippen LogP contribution in [0.2, 0.25) is 0 Å². The van der Waals surface area contributed by atoms with Gasteiger partial charge in [0, 0.05) is 0 Å². The zero-order valence-electron chi connectivity index (χ0n) is 7.15. The second-order valence-electron chi connectivity index (χ2n) is 2.83. The molecule has 0 aliphatic carbocycles. The van der Waals surface area contributed by atoms with Crippen LogP contribution in [0.1, 0.15) is 33.6 Å². The highest BCUT2D eigenvalue weighted by atomic mass is 14.5. The Labute approximate surface area is 63.6 Å². The Morgan fingerprint density at radius 1 is 1.30 bits per heavy atom. The van der Waals surface area contributed by atoms with Crippen LogP contribution in [-0.2, 0) is 0 Å². The summed E-state index contributed by atoms with van der Waals surface area (Å²) >= 11 is 0. The second kappa shape index (κ2) is 5.10. The molecule has 0 aliphatic heterocycles. The van der Waals surface area contributed by atoms with Crippen LogP contribution < -0.4 is 5.73 Å². The van der Waals surface area contributed by atoms with E-state index in [4.69, 9.17) is 5.73 Å². The molecule has 0 aromatic carbocycles. The minimum Gasteiger partial charge on any atom is -0.405 e. The van der Waals surface area contributed by atoms with Gasteiger partial charge in [0.2, 0.25) is 0 Å². The predicted octanol–water partition coefficient (Wildman–Crippen LogP) is 2.60. The van der Waals surface area contributed by atoms with E-state index in [0.717, 1.165) is 12.8 Å². The van der Waals surface area contributed by atoms with Crippen molar-refractivity contribution in [1.29, 1.82) is 0 Å². The highest BCUT2D eigenvalue weighted by Gasteiger charge is 1.85. The van der Waals surface area contributed by atoms with E-state index in [0.29, 0.717) is 0 Å². The third-order valence-electron chi connectivity index (χ3n) is 1.38. The van der Waals surface area contributed by atoms with Crippen LogP contribution in [0.25, 0.3) is 0 Å². The van der Waals surface area contributed by atoms with Crippen molar-refractivity contribution in [3.8, 4) is 0 Å². The normalized spacial score (nSPS) is 11.3. The Morgan fingerprint density at radius 2 is 1.90 bits per heavy atom. The van der Waals surface area contributed by atoms with Crippen LogP contribution in [0.3, 0.4) is 0 Å². The summed E-state index contributed by atoms with van der Waals surface area (Å²) in [5.41, 5.74) is 7.95. The van der Waals surface area contributed by atoms with E-state index in [-0.39, 0.29) is 0 Å². The van der Waals surface area contributed by atoms with Crippen LogP contribution in [0, 0.1) is 0 Å². The van der Waals surface area contributed by atoms with E-state index in [2.05, 4.69) is 26.8 Å². The molecule has 0 amide bonds. The summed E-state index contributed by atoms with van der Waals surface area (Å²) in [7, 11) is 0. The first-order valence-corrected chi connectivity index (χ1v) is 3.67. The van der Waals surface area contributed by atoms with Crippen molar-refractivity contribution < 1.29 is 0 Å². The Bertz CT molecular complexity index is 139. The maximum Gasteiger partial charge on any atom is -0.00732 e. The van der Waals surface area contributed by atoms with Gasteiger partial charge in [0.15, 0.2) is 0 Å². The zero-order chi connectivity index (χ0) is 7.98. The molecule has 0 spiro atoms. The summed E-state index contributed by atoms with van der Waals surface area (Å²) < 4.78 is 0. The van der Waals surface area contributed by atoms with Gasteiger partial charge in [0.1, 0.15) is 0 Å². The average molecular weight is 139 g/mol. The molecule has 0 aromatic heterocycles. The molecule has 58 valence electrons. The quantitative estimate of drug-likeness (QED) is 0.597. The van der Waals surface area contributed by atoms with Crippen molar-refractivity contribution in [3.05, 3.63) is 23.4 Å². The van der Waals surface area contributed by atoms with Crippen LogP contribution in [0.15, 0.2) is 23.4 Å². The molecular weight excluding hydrogens is 122 g/mol. The third kappa shape index (κ3) is 5.42. The minimum absolute atomic E-state index is 1.08. The molecule has 0 radical (unpaired) electrons. The maximum absolute atomic E-state index is 5.31. The Morgan fingerprint density at radius 3 is 2.30 bits per heavy atom. The van der Waals surface area contributed by atoms with Gasteiger partial charge in [-0.2, -0.15) is 0 Å². The lowest BCUT2D eigenvalue weighted by Crippen LogP contribution is -1.83. The van der Waals surface area contributed by atoms with Crippen molar-refractivity contribution in [3.63, 3.8) is 0 Å². The Balaban J connectivity index is 3.47. The van der Waals surface area contributed by atoms with Gasteiger partial charge in [0.05, 0.1) is 0 Å². The summed E-state index contributed by atoms with van der Waals surface area (Å²) in [6.45, 7) is 6.28. The molecule has 0 aromatic rings. The van der Waals surface area contributed by atoms with Crippen molar-refractivity contribution in [2.24, 2.45) is 5.73 Å². The number of allylic oxidation sites excluding steroid dienone is 3. The topological polar surface area (TPSA) is 26.0 Å². The molecule has 0 rings (SSSR count). The highest BCUT2D eigenvalue weighted by Crippen LogP contribution is 2.04. The third-order valence-corrected chi connectivity index (χ3v) is 1.38. The van der Waals surface area contributed by atoms with Crippen LogP contribution in [0.4, 0.5) is 0 Å². The van der Waals surface area contributed by atoms with Gasteiger partial charge in [-0.3, -0.25) is 0 Å². The lowest BCUT2D eigenvalue weighted by molar-refractivity contribution is 0.961. The Kier molecular flexibility index (Phi) is 4.73. The molecule has 0 bridgehead atoms. The Hall–Kier alpha value is -0.720. The van der Waals surface area contributed by atoms with Crippen LogP contribution in [0.5, 0.6) is 0 Å². The smallest absolute Gasteiger partial charge is 0.00732 e. The fourth-order valence-electron chi connectivity index (χ4n) is 0.672. The SMILES string of the molecule is CC(C)=CCC/C(C)=C\N. The van der Waals surface area contributed by atoms with Gasteiger partial charge in [-0.05, 0) is 39.8 Å². The maximum atomic E-state index is 5.31. The molecule has 2 N–H and O–H groups in total. The second-order valence-corrected chi connectivity index (χ2v) is 2.83. The molecule has 10 heavy (non-hydrogen) atoms. The van der Waals surface area contributed by atoms with Crippen molar-refractivity contribution in [2.75, 3.05) is 0 Å². The molecular formula is C9H17N. The minimum atomic E-state index is 1.08. The molecule has 1 heteroatoms. The van der Waals surface area contributed by atoms with Crippen molar-refractivity contribution in [1.82, 2.24) is 0 Å². The van der Waals surface area contributed by atoms with E-state index in [1.165, 1.54) is 11.1 Å². The molecule has 0 saturated heterocycles. The van der Waals surface area contributed by atoms with Gasteiger partial charge >= 0.3 is 0 Å². The summed E-state index contributed by atoms with van der Waals surface area (Å²) in [5.74, 6) is 0. The first-order valence-electron chi connectivity index (χ1n) is 3.67. The first-order chi connectivity index (χ1) is 4.66. The molecule has 0 unspecified atom stereocenters. The highest BCUT2D eigenvalue weighted by molar-refractivity contribution is 5.00. The zero-order valence-corrected chi connectivity index (χ0v) is 7.15. The fraction of sp³-hybridized carbons (Fsp3) is 0.556. The summed E-state index contributed by atoms with van der Waals surface area (Å²) in [4.78, 5) is 0. The lowest BCUT2D eigenvalue weighted by atomic mass is 10.1. The number of rotatable bonds is 3. The standard InChI is InChI=1S/C9H17N/c1-8(2)5-4-6-9(3)7-10/h5,7H,4,6,10H2,1-3H3/b9-7-. The summed E-state index contributed by atoms with van der Waals surface area (Å²) in [5, 5.41) is 0. The lowest BCUT2D eigenvalue weighted by Gasteiger charge is -1.95. The van der Waals surface area contributed by atoms with Crippen molar-refractivity contribution in [2.45, 2.75) is 33.6 Å². The molecule has 0 fully saturated rings. The van der Waals surface area contributed by atoms with E-state index >= 15 is 0 Å². The van der Waals surface area contributed by atoms with E-state index in [1.54, 1.807) is 6.20 Å². The molecule has 0 atom stereocenters. The van der Waals surface area contributed by atoms with Gasteiger partial charge in [0.25, 0.3) is 0 Å². The molecule has 1 nitrogen and oxygen atoms in total. The van der Waals surface area contributed by atoms with Crippen LogP contribution in [-0.4, -0.2) is 0 Å². The number of nitrogens with two attached hydrogens (primary N) is 1. The van der Waals surface area contributed by atoms with Gasteiger partial charge in [-0.1, -0.05) is 17.2 Å². The predicted molar refractivity (Wildman–Crippen MR) is 46.6 cm³/mol. The molecule has 0 saturated carbocycles. The first kappa shape index (κ1) is 9.28. The monoisotopic (exact) mass is 139 g/mol.